The molecule has 0 aromatic heterocycles. The average molecular weight is 269 g/mol. The second-order valence-electron chi connectivity index (χ2n) is 5.77. The normalized spacial score (nSPS) is 21.8. The van der Waals surface area contributed by atoms with Gasteiger partial charge in [-0.25, -0.2) is 8.78 Å². The highest BCUT2D eigenvalue weighted by atomic mass is 19.1. The van der Waals surface area contributed by atoms with Crippen molar-refractivity contribution < 1.29 is 13.5 Å². The molecule has 1 atom stereocenters. The van der Waals surface area contributed by atoms with Crippen LogP contribution in [-0.2, 0) is 11.2 Å². The van der Waals surface area contributed by atoms with E-state index < -0.39 is 11.6 Å². The Morgan fingerprint density at radius 2 is 1.95 bits per heavy atom. The fourth-order valence-corrected chi connectivity index (χ4v) is 2.47. The molecule has 1 fully saturated rings. The molecule has 0 aliphatic carbocycles. The lowest BCUT2D eigenvalue weighted by atomic mass is 10.1. The van der Waals surface area contributed by atoms with Gasteiger partial charge in [-0.1, -0.05) is 0 Å². The Bertz CT molecular complexity index is 414. The van der Waals surface area contributed by atoms with E-state index in [0.717, 1.165) is 25.5 Å². The third-order valence-electron chi connectivity index (χ3n) is 3.44. The van der Waals surface area contributed by atoms with Gasteiger partial charge in [-0.15, -0.1) is 0 Å². The number of halogens is 2. The lowest BCUT2D eigenvalue weighted by Crippen LogP contribution is -2.30. The maximum Gasteiger partial charge on any atom is 0.126 e. The standard InChI is InChI=1S/C15H21F2NO/c1-15(2)5-3-14(19-15)10-18-6-4-11-7-12(16)9-13(17)8-11/h7-9,14,18H,3-6,10H2,1-2H3. The van der Waals surface area contributed by atoms with Crippen molar-refractivity contribution in [2.24, 2.45) is 0 Å². The SMILES string of the molecule is CC1(C)CCC(CNCCc2cc(F)cc(F)c2)O1. The van der Waals surface area contributed by atoms with Crippen LogP contribution in [0.25, 0.3) is 0 Å². The minimum atomic E-state index is -0.518. The van der Waals surface area contributed by atoms with Crippen molar-refractivity contribution in [3.63, 3.8) is 0 Å². The molecule has 0 saturated carbocycles. The maximum absolute atomic E-state index is 13.0. The molecule has 4 heteroatoms. The molecule has 1 saturated heterocycles. The zero-order valence-electron chi connectivity index (χ0n) is 11.5. The number of ether oxygens (including phenoxy) is 1. The van der Waals surface area contributed by atoms with Gasteiger partial charge in [0.1, 0.15) is 11.6 Å². The zero-order chi connectivity index (χ0) is 13.9. The first-order valence-corrected chi connectivity index (χ1v) is 6.78. The smallest absolute Gasteiger partial charge is 0.126 e. The van der Waals surface area contributed by atoms with Gasteiger partial charge in [0.05, 0.1) is 11.7 Å². The highest BCUT2D eigenvalue weighted by Crippen LogP contribution is 2.28. The maximum atomic E-state index is 13.0. The molecule has 106 valence electrons. The van der Waals surface area contributed by atoms with Crippen LogP contribution in [0.5, 0.6) is 0 Å². The summed E-state index contributed by atoms with van der Waals surface area (Å²) in [5.41, 5.74) is 0.663. The first-order valence-electron chi connectivity index (χ1n) is 6.78. The molecule has 1 aromatic rings. The summed E-state index contributed by atoms with van der Waals surface area (Å²) in [6.07, 6.45) is 3.01. The number of rotatable bonds is 5. The topological polar surface area (TPSA) is 21.3 Å². The lowest BCUT2D eigenvalue weighted by molar-refractivity contribution is -0.0140. The zero-order valence-corrected chi connectivity index (χ0v) is 11.5. The van der Waals surface area contributed by atoms with Crippen molar-refractivity contribution >= 4 is 0 Å². The predicted octanol–water partition coefficient (Wildman–Crippen LogP) is 3.05. The third kappa shape index (κ3) is 4.55. The fraction of sp³-hybridized carbons (Fsp3) is 0.600. The molecule has 1 heterocycles. The van der Waals surface area contributed by atoms with Gasteiger partial charge < -0.3 is 10.1 Å². The second-order valence-corrected chi connectivity index (χ2v) is 5.77. The van der Waals surface area contributed by atoms with Gasteiger partial charge in [0.25, 0.3) is 0 Å². The van der Waals surface area contributed by atoms with Crippen LogP contribution in [0.2, 0.25) is 0 Å². The molecule has 1 aromatic carbocycles. The average Bonchev–Trinajstić information content (AvgIpc) is 2.63. The number of benzene rings is 1. The molecule has 1 aliphatic heterocycles. The lowest BCUT2D eigenvalue weighted by Gasteiger charge is -2.19. The first kappa shape index (κ1) is 14.4. The van der Waals surface area contributed by atoms with Crippen LogP contribution in [0.1, 0.15) is 32.3 Å². The van der Waals surface area contributed by atoms with Crippen molar-refractivity contribution in [3.8, 4) is 0 Å². The van der Waals surface area contributed by atoms with Gasteiger partial charge in [0, 0.05) is 12.6 Å². The molecule has 1 N–H and O–H groups in total. The number of hydrogen-bond donors (Lipinski definition) is 1. The highest BCUT2D eigenvalue weighted by Gasteiger charge is 2.30. The van der Waals surface area contributed by atoms with Crippen LogP contribution in [-0.4, -0.2) is 24.8 Å². The summed E-state index contributed by atoms with van der Waals surface area (Å²) in [4.78, 5) is 0. The van der Waals surface area contributed by atoms with E-state index in [1.165, 1.54) is 12.1 Å². The Kier molecular flexibility index (Phi) is 4.53. The molecular weight excluding hydrogens is 248 g/mol. The summed E-state index contributed by atoms with van der Waals surface area (Å²) in [5.74, 6) is -1.04. The van der Waals surface area contributed by atoms with Crippen LogP contribution < -0.4 is 5.32 Å². The summed E-state index contributed by atoms with van der Waals surface area (Å²) < 4.78 is 31.8. The highest BCUT2D eigenvalue weighted by molar-refractivity contribution is 5.18. The third-order valence-corrected chi connectivity index (χ3v) is 3.44. The second kappa shape index (κ2) is 5.97. The Labute approximate surface area is 113 Å². The van der Waals surface area contributed by atoms with Crippen LogP contribution in [0, 0.1) is 11.6 Å². The van der Waals surface area contributed by atoms with Crippen molar-refractivity contribution in [3.05, 3.63) is 35.4 Å². The van der Waals surface area contributed by atoms with Crippen molar-refractivity contribution in [1.29, 1.82) is 0 Å². The van der Waals surface area contributed by atoms with Gasteiger partial charge in [0.2, 0.25) is 0 Å². The van der Waals surface area contributed by atoms with E-state index in [4.69, 9.17) is 4.74 Å². The van der Waals surface area contributed by atoms with Crippen LogP contribution in [0.4, 0.5) is 8.78 Å². The molecule has 0 radical (unpaired) electrons. The van der Waals surface area contributed by atoms with Gasteiger partial charge in [-0.05, 0) is 57.4 Å². The van der Waals surface area contributed by atoms with E-state index in [1.807, 2.05) is 0 Å². The quantitative estimate of drug-likeness (QED) is 0.830. The van der Waals surface area contributed by atoms with Crippen LogP contribution in [0.3, 0.4) is 0 Å². The Morgan fingerprint density at radius 1 is 1.26 bits per heavy atom. The van der Waals surface area contributed by atoms with E-state index in [1.54, 1.807) is 0 Å². The summed E-state index contributed by atoms with van der Waals surface area (Å²) in [6, 6.07) is 3.64. The van der Waals surface area contributed by atoms with Gasteiger partial charge in [-0.2, -0.15) is 0 Å². The monoisotopic (exact) mass is 269 g/mol. The summed E-state index contributed by atoms with van der Waals surface area (Å²) >= 11 is 0. The largest absolute Gasteiger partial charge is 0.371 e. The van der Waals surface area contributed by atoms with Gasteiger partial charge in [-0.3, -0.25) is 0 Å². The van der Waals surface area contributed by atoms with Crippen molar-refractivity contribution in [2.45, 2.75) is 44.8 Å². The minimum Gasteiger partial charge on any atom is -0.371 e. The van der Waals surface area contributed by atoms with Gasteiger partial charge in [0.15, 0.2) is 0 Å². The number of hydrogen-bond acceptors (Lipinski definition) is 2. The molecule has 19 heavy (non-hydrogen) atoms. The molecule has 2 rings (SSSR count). The molecule has 1 aliphatic rings. The summed E-state index contributed by atoms with van der Waals surface area (Å²) in [7, 11) is 0. The van der Waals surface area contributed by atoms with E-state index in [0.29, 0.717) is 18.5 Å². The van der Waals surface area contributed by atoms with E-state index in [2.05, 4.69) is 19.2 Å². The Balaban J connectivity index is 1.70. The Hall–Kier alpha value is -1.00. The molecule has 1 unspecified atom stereocenters. The first-order chi connectivity index (χ1) is 8.94. The Morgan fingerprint density at radius 3 is 2.53 bits per heavy atom. The fourth-order valence-electron chi connectivity index (χ4n) is 2.47. The molecule has 0 bridgehead atoms. The van der Waals surface area contributed by atoms with Crippen molar-refractivity contribution in [1.82, 2.24) is 5.32 Å². The molecule has 2 nitrogen and oxygen atoms in total. The van der Waals surface area contributed by atoms with Gasteiger partial charge >= 0.3 is 0 Å². The predicted molar refractivity (Wildman–Crippen MR) is 71.1 cm³/mol. The summed E-state index contributed by atoms with van der Waals surface area (Å²) in [5, 5.41) is 3.28. The van der Waals surface area contributed by atoms with Crippen molar-refractivity contribution in [2.75, 3.05) is 13.1 Å². The van der Waals surface area contributed by atoms with E-state index in [9.17, 15) is 8.78 Å². The molecular formula is C15H21F2NO. The number of nitrogens with one attached hydrogen (secondary N) is 1. The van der Waals surface area contributed by atoms with E-state index in [-0.39, 0.29) is 11.7 Å². The summed E-state index contributed by atoms with van der Waals surface area (Å²) in [6.45, 7) is 5.69. The molecule has 0 amide bonds. The minimum absolute atomic E-state index is 0.0158. The van der Waals surface area contributed by atoms with Crippen LogP contribution in [0.15, 0.2) is 18.2 Å². The van der Waals surface area contributed by atoms with Crippen LogP contribution >= 0.6 is 0 Å². The molecule has 0 spiro atoms. The van der Waals surface area contributed by atoms with E-state index >= 15 is 0 Å².